The number of rotatable bonds is 4. The van der Waals surface area contributed by atoms with Gasteiger partial charge in [-0.25, -0.2) is 4.98 Å². The van der Waals surface area contributed by atoms with Gasteiger partial charge in [0.25, 0.3) is 0 Å². The smallest absolute Gasteiger partial charge is 0.336 e. The topological polar surface area (TPSA) is 72.3 Å². The van der Waals surface area contributed by atoms with E-state index in [4.69, 9.17) is 0 Å². The van der Waals surface area contributed by atoms with Crippen LogP contribution in [0.2, 0.25) is 0 Å². The molecule has 0 fully saturated rings. The highest BCUT2D eigenvalue weighted by atomic mass is 19.4. The van der Waals surface area contributed by atoms with E-state index >= 15 is 0 Å². The lowest BCUT2D eigenvalue weighted by molar-refractivity contribution is -0.140. The molecular weight excluding hydrogens is 417 g/mol. The molecule has 0 amide bonds. The minimum absolute atomic E-state index is 0.255. The van der Waals surface area contributed by atoms with Crippen molar-refractivity contribution in [2.45, 2.75) is 44.8 Å². The van der Waals surface area contributed by atoms with Crippen molar-refractivity contribution < 1.29 is 13.2 Å². The SMILES string of the molecule is Cc1cccc2c1CCCC2Cn1cnc(-c2cc(-c3nn[nH]c3C(F)(F)F)ccn2)c1. The van der Waals surface area contributed by atoms with Gasteiger partial charge >= 0.3 is 6.18 Å². The molecule has 0 spiro atoms. The molecule has 4 aromatic rings. The van der Waals surface area contributed by atoms with Crippen LogP contribution in [0, 0.1) is 6.92 Å². The molecule has 1 N–H and O–H groups in total. The molecule has 0 aliphatic heterocycles. The van der Waals surface area contributed by atoms with Crippen LogP contribution < -0.4 is 0 Å². The second-order valence-electron chi connectivity index (χ2n) is 8.15. The molecule has 1 aliphatic rings. The summed E-state index contributed by atoms with van der Waals surface area (Å²) in [6.45, 7) is 2.96. The van der Waals surface area contributed by atoms with E-state index in [0.29, 0.717) is 17.3 Å². The summed E-state index contributed by atoms with van der Waals surface area (Å²) >= 11 is 0. The molecule has 1 aliphatic carbocycles. The largest absolute Gasteiger partial charge is 0.435 e. The number of nitrogens with zero attached hydrogens (tertiary/aromatic N) is 5. The van der Waals surface area contributed by atoms with E-state index < -0.39 is 11.9 Å². The van der Waals surface area contributed by atoms with Gasteiger partial charge in [0.15, 0.2) is 5.69 Å². The van der Waals surface area contributed by atoms with Gasteiger partial charge in [0.1, 0.15) is 11.4 Å². The first-order valence-corrected chi connectivity index (χ1v) is 10.5. The highest BCUT2D eigenvalue weighted by Crippen LogP contribution is 2.36. The quantitative estimate of drug-likeness (QED) is 0.477. The Labute approximate surface area is 182 Å². The zero-order valence-corrected chi connectivity index (χ0v) is 17.4. The summed E-state index contributed by atoms with van der Waals surface area (Å²) < 4.78 is 41.6. The van der Waals surface area contributed by atoms with Gasteiger partial charge in [0.05, 0.1) is 12.0 Å². The summed E-state index contributed by atoms with van der Waals surface area (Å²) in [7, 11) is 0. The van der Waals surface area contributed by atoms with Gasteiger partial charge in [-0.3, -0.25) is 10.1 Å². The second kappa shape index (κ2) is 7.89. The molecule has 5 rings (SSSR count). The lowest BCUT2D eigenvalue weighted by Crippen LogP contribution is -2.15. The predicted octanol–water partition coefficient (Wildman–Crippen LogP) is 5.18. The number of halogens is 3. The number of H-pyrrole nitrogens is 1. The molecule has 9 heteroatoms. The number of nitrogens with one attached hydrogen (secondary N) is 1. The fourth-order valence-corrected chi connectivity index (χ4v) is 4.51. The molecule has 164 valence electrons. The van der Waals surface area contributed by atoms with Crippen molar-refractivity contribution in [1.82, 2.24) is 29.9 Å². The van der Waals surface area contributed by atoms with Crippen molar-refractivity contribution in [2.75, 3.05) is 0 Å². The molecule has 1 unspecified atom stereocenters. The van der Waals surface area contributed by atoms with Crippen LogP contribution in [0.1, 0.15) is 41.1 Å². The number of hydrogen-bond donors (Lipinski definition) is 1. The maximum absolute atomic E-state index is 13.2. The first-order chi connectivity index (χ1) is 15.4. The van der Waals surface area contributed by atoms with Gasteiger partial charge in [-0.15, -0.1) is 5.10 Å². The molecule has 1 aromatic carbocycles. The summed E-state index contributed by atoms with van der Waals surface area (Å²) in [6, 6.07) is 9.52. The Morgan fingerprint density at radius 3 is 2.88 bits per heavy atom. The maximum atomic E-state index is 13.2. The lowest BCUT2D eigenvalue weighted by atomic mass is 9.81. The van der Waals surface area contributed by atoms with Crippen LogP contribution >= 0.6 is 0 Å². The number of aryl methyl sites for hydroxylation is 1. The molecule has 3 aromatic heterocycles. The summed E-state index contributed by atoms with van der Waals surface area (Å²) in [5.41, 5.74) is 4.32. The van der Waals surface area contributed by atoms with Crippen LogP contribution in [0.3, 0.4) is 0 Å². The fourth-order valence-electron chi connectivity index (χ4n) is 4.51. The molecule has 1 atom stereocenters. The Morgan fingerprint density at radius 2 is 2.03 bits per heavy atom. The van der Waals surface area contributed by atoms with Gasteiger partial charge in [0, 0.05) is 30.4 Å². The number of pyridine rings is 1. The Balaban J connectivity index is 1.41. The monoisotopic (exact) mass is 438 g/mol. The first kappa shape index (κ1) is 20.4. The van der Waals surface area contributed by atoms with E-state index in [1.165, 1.54) is 29.0 Å². The Hall–Kier alpha value is -3.49. The number of hydrogen-bond acceptors (Lipinski definition) is 4. The molecule has 3 heterocycles. The zero-order valence-electron chi connectivity index (χ0n) is 17.4. The zero-order chi connectivity index (χ0) is 22.3. The molecule has 32 heavy (non-hydrogen) atoms. The summed E-state index contributed by atoms with van der Waals surface area (Å²) in [5, 5.41) is 8.88. The third-order valence-electron chi connectivity index (χ3n) is 6.06. The van der Waals surface area contributed by atoms with Gasteiger partial charge in [0.2, 0.25) is 0 Å². The van der Waals surface area contributed by atoms with Gasteiger partial charge in [-0.2, -0.15) is 13.2 Å². The fraction of sp³-hybridized carbons (Fsp3) is 0.304. The maximum Gasteiger partial charge on any atom is 0.435 e. The van der Waals surface area contributed by atoms with Gasteiger partial charge in [-0.05, 0) is 55.0 Å². The summed E-state index contributed by atoms with van der Waals surface area (Å²) in [5.74, 6) is 0.407. The average molecular weight is 438 g/mol. The van der Waals surface area contributed by atoms with Crippen molar-refractivity contribution in [1.29, 1.82) is 0 Å². The number of fused-ring (bicyclic) bond motifs is 1. The van der Waals surface area contributed by atoms with Crippen molar-refractivity contribution in [3.8, 4) is 22.6 Å². The second-order valence-corrected chi connectivity index (χ2v) is 8.15. The van der Waals surface area contributed by atoms with Crippen LogP contribution in [-0.4, -0.2) is 29.9 Å². The third kappa shape index (κ3) is 3.79. The number of aromatic nitrogens is 6. The normalized spacial score (nSPS) is 16.2. The molecule has 6 nitrogen and oxygen atoms in total. The lowest BCUT2D eigenvalue weighted by Gasteiger charge is -2.27. The third-order valence-corrected chi connectivity index (χ3v) is 6.06. The molecule has 0 saturated heterocycles. The Bertz CT molecular complexity index is 1260. The molecule has 0 radical (unpaired) electrons. The van der Waals surface area contributed by atoms with E-state index in [9.17, 15) is 13.2 Å². The van der Waals surface area contributed by atoms with Crippen molar-refractivity contribution in [3.05, 3.63) is 71.4 Å². The first-order valence-electron chi connectivity index (χ1n) is 10.5. The number of benzene rings is 1. The van der Waals surface area contributed by atoms with E-state index in [2.05, 4.69) is 45.4 Å². The number of aromatic amines is 1. The standard InChI is InChI=1S/C23H21F3N6/c1-14-4-2-7-18-16(5-3-6-17(14)18)11-32-12-20(28-13-32)19-10-15(8-9-27-19)21-22(23(24,25)26)30-31-29-21/h2,4,7-10,12-13,16H,3,5-6,11H2,1H3,(H,29,30,31). The molecular formula is C23H21F3N6. The van der Waals surface area contributed by atoms with Crippen LogP contribution in [-0.2, 0) is 19.1 Å². The highest BCUT2D eigenvalue weighted by Gasteiger charge is 2.37. The van der Waals surface area contributed by atoms with Crippen LogP contribution in [0.25, 0.3) is 22.6 Å². The minimum atomic E-state index is -4.57. The van der Waals surface area contributed by atoms with Crippen molar-refractivity contribution >= 4 is 0 Å². The van der Waals surface area contributed by atoms with Crippen LogP contribution in [0.15, 0.2) is 49.1 Å². The van der Waals surface area contributed by atoms with Crippen LogP contribution in [0.4, 0.5) is 13.2 Å². The molecule has 0 saturated carbocycles. The van der Waals surface area contributed by atoms with E-state index in [0.717, 1.165) is 25.8 Å². The van der Waals surface area contributed by atoms with Crippen LogP contribution in [0.5, 0.6) is 0 Å². The highest BCUT2D eigenvalue weighted by molar-refractivity contribution is 5.67. The van der Waals surface area contributed by atoms with Gasteiger partial charge < -0.3 is 4.57 Å². The van der Waals surface area contributed by atoms with E-state index in [1.807, 2.05) is 15.9 Å². The number of alkyl halides is 3. The Kier molecular flexibility index (Phi) is 5.03. The van der Waals surface area contributed by atoms with E-state index in [1.54, 1.807) is 12.4 Å². The average Bonchev–Trinajstić information content (AvgIpc) is 3.44. The van der Waals surface area contributed by atoms with Crippen molar-refractivity contribution in [3.63, 3.8) is 0 Å². The predicted molar refractivity (Wildman–Crippen MR) is 113 cm³/mol. The molecule has 0 bridgehead atoms. The van der Waals surface area contributed by atoms with Crippen molar-refractivity contribution in [2.24, 2.45) is 0 Å². The van der Waals surface area contributed by atoms with E-state index in [-0.39, 0.29) is 11.3 Å². The summed E-state index contributed by atoms with van der Waals surface area (Å²) in [6.07, 6.45) is 3.93. The summed E-state index contributed by atoms with van der Waals surface area (Å²) in [4.78, 5) is 8.76. The Morgan fingerprint density at radius 1 is 1.16 bits per heavy atom. The minimum Gasteiger partial charge on any atom is -0.336 e. The van der Waals surface area contributed by atoms with Gasteiger partial charge in [-0.1, -0.05) is 23.4 Å². The number of imidazole rings is 1.